The summed E-state index contributed by atoms with van der Waals surface area (Å²) in [5, 5.41) is 10.4. The van der Waals surface area contributed by atoms with E-state index in [0.29, 0.717) is 22.4 Å². The maximum absolute atomic E-state index is 13.6. The van der Waals surface area contributed by atoms with Crippen LogP contribution in [-0.4, -0.2) is 52.4 Å². The van der Waals surface area contributed by atoms with Crippen molar-refractivity contribution in [2.45, 2.75) is 31.0 Å². The van der Waals surface area contributed by atoms with Crippen LogP contribution in [0.25, 0.3) is 22.2 Å². The van der Waals surface area contributed by atoms with Gasteiger partial charge in [0.25, 0.3) is 5.91 Å². The molecule has 0 saturated heterocycles. The molecule has 0 saturated carbocycles. The first-order valence-corrected chi connectivity index (χ1v) is 14.7. The van der Waals surface area contributed by atoms with Crippen molar-refractivity contribution >= 4 is 24.1 Å². The van der Waals surface area contributed by atoms with Crippen molar-refractivity contribution in [3.8, 4) is 16.9 Å². The first-order chi connectivity index (χ1) is 19.3. The molecule has 1 amide bonds. The highest BCUT2D eigenvalue weighted by atomic mass is 31.2. The number of carbonyl (C=O) groups is 1. The lowest BCUT2D eigenvalue weighted by molar-refractivity contribution is -0.0507. The molecule has 196 valence electrons. The molecule has 3 aromatic carbocycles. The van der Waals surface area contributed by atoms with E-state index >= 15 is 0 Å². The minimum atomic E-state index is -3.14. The van der Waals surface area contributed by atoms with Crippen molar-refractivity contribution in [2.24, 2.45) is 0 Å². The number of aliphatic hydroxyl groups excluding tert-OH is 1. The van der Waals surface area contributed by atoms with E-state index in [1.165, 1.54) is 31.5 Å². The second-order valence-corrected chi connectivity index (χ2v) is 13.4. The van der Waals surface area contributed by atoms with Gasteiger partial charge >= 0.3 is 6.61 Å². The van der Waals surface area contributed by atoms with Gasteiger partial charge in [-0.05, 0) is 54.3 Å². The van der Waals surface area contributed by atoms with E-state index in [1.54, 1.807) is 30.3 Å². The van der Waals surface area contributed by atoms with Crippen LogP contribution in [0.3, 0.4) is 0 Å². The fraction of sp³-hybridized carbons (Fsp3) is 0.286. The number of benzene rings is 3. The predicted molar refractivity (Wildman–Crippen MR) is 140 cm³/mol. The SMILES string of the molecule is [2H]C([2H])([2H])N1C(=O)c2cccc(OC(F)F)c2[C@H]2C[C@@H]1c1nc3ccc(-c4ccc(C(O)P(C)(C)=O)cc4)cc3n12. The van der Waals surface area contributed by atoms with Gasteiger partial charge in [-0.25, -0.2) is 4.98 Å². The minimum absolute atomic E-state index is 0.00582. The van der Waals surface area contributed by atoms with Crippen molar-refractivity contribution in [1.82, 2.24) is 14.5 Å². The largest absolute Gasteiger partial charge is 0.434 e. The van der Waals surface area contributed by atoms with Crippen LogP contribution in [0.1, 0.15) is 55.8 Å². The molecule has 0 spiro atoms. The molecule has 2 aliphatic rings. The van der Waals surface area contributed by atoms with Gasteiger partial charge in [-0.3, -0.25) is 4.79 Å². The summed E-state index contributed by atoms with van der Waals surface area (Å²) >= 11 is 0. The maximum Gasteiger partial charge on any atom is 0.387 e. The zero-order valence-corrected chi connectivity index (χ0v) is 21.4. The van der Waals surface area contributed by atoms with Crippen LogP contribution in [0.15, 0.2) is 60.7 Å². The zero-order valence-electron chi connectivity index (χ0n) is 23.5. The molecule has 0 fully saturated rings. The third kappa shape index (κ3) is 3.84. The Morgan fingerprint density at radius 2 is 1.84 bits per heavy atom. The number of alkyl halides is 2. The Kier molecular flexibility index (Phi) is 4.92. The molecule has 6 rings (SSSR count). The Balaban J connectivity index is 1.52. The first-order valence-electron chi connectivity index (χ1n) is 13.5. The number of rotatable bonds is 5. The summed E-state index contributed by atoms with van der Waals surface area (Å²) < 4.78 is 70.2. The molecule has 1 unspecified atom stereocenters. The predicted octanol–water partition coefficient (Wildman–Crippen LogP) is 6.04. The van der Waals surface area contributed by atoms with E-state index in [1.807, 2.05) is 16.7 Å². The van der Waals surface area contributed by atoms with Crippen LogP contribution in [0.4, 0.5) is 8.78 Å². The van der Waals surface area contributed by atoms with Crippen molar-refractivity contribution in [1.29, 1.82) is 0 Å². The van der Waals surface area contributed by atoms with Crippen molar-refractivity contribution in [3.05, 3.63) is 83.2 Å². The third-order valence-electron chi connectivity index (χ3n) is 7.28. The number of ether oxygens (including phenoxy) is 1. The summed E-state index contributed by atoms with van der Waals surface area (Å²) in [4.78, 5) is 19.1. The Hall–Kier alpha value is -3.55. The summed E-state index contributed by atoms with van der Waals surface area (Å²) in [5.74, 6) is -1.71. The molecule has 7 nitrogen and oxygen atoms in total. The summed E-state index contributed by atoms with van der Waals surface area (Å²) in [6.07, 6.45) is 0.129. The van der Waals surface area contributed by atoms with Gasteiger partial charge in [-0.2, -0.15) is 8.78 Å². The molecule has 0 radical (unpaired) electrons. The van der Waals surface area contributed by atoms with Gasteiger partial charge in [0.05, 0.1) is 23.1 Å². The third-order valence-corrected chi connectivity index (χ3v) is 8.76. The molecular weight excluding hydrogens is 511 g/mol. The first kappa shape index (κ1) is 21.4. The molecule has 2 aliphatic heterocycles. The number of hydrogen-bond acceptors (Lipinski definition) is 5. The number of nitrogens with zero attached hydrogens (tertiary/aromatic N) is 3. The zero-order chi connectivity index (χ0) is 29.4. The summed E-state index contributed by atoms with van der Waals surface area (Å²) in [6, 6.07) is 15.1. The number of aromatic nitrogens is 2. The monoisotopic (exact) mass is 540 g/mol. The van der Waals surface area contributed by atoms with Gasteiger partial charge in [0.1, 0.15) is 24.6 Å². The average molecular weight is 541 g/mol. The Morgan fingerprint density at radius 1 is 1.11 bits per heavy atom. The number of halogens is 2. The molecule has 38 heavy (non-hydrogen) atoms. The van der Waals surface area contributed by atoms with E-state index in [2.05, 4.69) is 0 Å². The van der Waals surface area contributed by atoms with E-state index in [-0.39, 0.29) is 23.3 Å². The molecule has 0 aliphatic carbocycles. The highest BCUT2D eigenvalue weighted by Crippen LogP contribution is 2.52. The smallest absolute Gasteiger partial charge is 0.387 e. The Labute approximate surface area is 222 Å². The number of hydrogen-bond donors (Lipinski definition) is 1. The van der Waals surface area contributed by atoms with Crippen LogP contribution >= 0.6 is 7.14 Å². The van der Waals surface area contributed by atoms with E-state index in [0.717, 1.165) is 16.0 Å². The lowest BCUT2D eigenvalue weighted by Crippen LogP contribution is -2.30. The quantitative estimate of drug-likeness (QED) is 0.312. The molecule has 1 N–H and O–H groups in total. The lowest BCUT2D eigenvalue weighted by Gasteiger charge is -2.24. The van der Waals surface area contributed by atoms with Gasteiger partial charge in [0.15, 0.2) is 0 Å². The van der Waals surface area contributed by atoms with Crippen molar-refractivity contribution < 1.29 is 32.1 Å². The minimum Gasteiger partial charge on any atom is -0.434 e. The van der Waals surface area contributed by atoms with Crippen molar-refractivity contribution in [3.63, 3.8) is 0 Å². The summed E-state index contributed by atoms with van der Waals surface area (Å²) in [6.45, 7) is -2.90. The molecule has 10 heteroatoms. The van der Waals surface area contributed by atoms with Crippen LogP contribution in [0.2, 0.25) is 0 Å². The standard InChI is InChI=1S/C28H26F2N3O4P/c1-32-22-14-21(24-18(26(32)34)5-4-6-23(24)37-28(29)30)33-20-13-17(11-12-19(20)31-25(22)33)15-7-9-16(10-8-15)27(35)38(2,3)36/h4-13,21-22,27-28,35H,14H2,1-3H3/t21-,22-,27?/m1/s1/i1D3. The van der Waals surface area contributed by atoms with Crippen LogP contribution in [0.5, 0.6) is 5.75 Å². The van der Waals surface area contributed by atoms with Crippen LogP contribution in [0, 0.1) is 0 Å². The fourth-order valence-corrected chi connectivity index (χ4v) is 6.39. The Bertz CT molecular complexity index is 1740. The average Bonchev–Trinajstić information content (AvgIpc) is 3.39. The second-order valence-electron chi connectivity index (χ2n) is 10.0. The summed E-state index contributed by atoms with van der Waals surface area (Å²) in [7, 11) is -2.76. The van der Waals surface area contributed by atoms with Crippen LogP contribution < -0.4 is 4.74 Å². The lowest BCUT2D eigenvalue weighted by atomic mass is 9.97. The maximum atomic E-state index is 13.6. The van der Waals surface area contributed by atoms with Crippen LogP contribution in [-0.2, 0) is 4.57 Å². The van der Waals surface area contributed by atoms with Gasteiger partial charge in [0.2, 0.25) is 0 Å². The van der Waals surface area contributed by atoms with E-state index < -0.39 is 44.6 Å². The highest BCUT2D eigenvalue weighted by Gasteiger charge is 2.45. The second kappa shape index (κ2) is 8.75. The van der Waals surface area contributed by atoms with E-state index in [9.17, 15) is 23.2 Å². The Morgan fingerprint density at radius 3 is 2.53 bits per heavy atom. The number of imidazole rings is 1. The van der Waals surface area contributed by atoms with Gasteiger partial charge in [0, 0.05) is 28.6 Å². The molecule has 3 atom stereocenters. The molecule has 2 bridgehead atoms. The van der Waals surface area contributed by atoms with E-state index in [4.69, 9.17) is 13.8 Å². The molecular formula is C28H26F2N3O4P. The number of carbonyl (C=O) groups excluding carboxylic acids is 1. The summed E-state index contributed by atoms with van der Waals surface area (Å²) in [5.41, 5.74) is 3.51. The van der Waals surface area contributed by atoms with Gasteiger partial charge < -0.3 is 23.9 Å². The molecule has 3 heterocycles. The topological polar surface area (TPSA) is 84.7 Å². The normalized spacial score (nSPS) is 20.9. The number of aliphatic hydroxyl groups is 1. The molecule has 1 aromatic heterocycles. The van der Waals surface area contributed by atoms with Gasteiger partial charge in [-0.1, -0.05) is 36.4 Å². The fourth-order valence-electron chi connectivity index (χ4n) is 5.49. The highest BCUT2D eigenvalue weighted by molar-refractivity contribution is 7.62. The number of amides is 1. The molecule has 4 aromatic rings. The number of fused-ring (bicyclic) bond motifs is 9. The van der Waals surface area contributed by atoms with Gasteiger partial charge in [-0.15, -0.1) is 0 Å². The van der Waals surface area contributed by atoms with Crippen molar-refractivity contribution in [2.75, 3.05) is 20.3 Å².